The Morgan fingerprint density at radius 1 is 1.18 bits per heavy atom. The zero-order valence-electron chi connectivity index (χ0n) is 9.57. The Hall–Kier alpha value is -1.67. The molecular weight excluding hydrogens is 234 g/mol. The number of rotatable bonds is 3. The molecule has 0 amide bonds. The van der Waals surface area contributed by atoms with E-state index in [9.17, 15) is 5.11 Å². The van der Waals surface area contributed by atoms with E-state index in [1.54, 1.807) is 12.1 Å². The van der Waals surface area contributed by atoms with Crippen molar-refractivity contribution in [2.75, 3.05) is 5.32 Å². The number of halogens is 1. The van der Waals surface area contributed by atoms with Gasteiger partial charge in [-0.2, -0.15) is 0 Å². The molecule has 2 nitrogen and oxygen atoms in total. The van der Waals surface area contributed by atoms with Crippen LogP contribution in [0.4, 0.5) is 5.69 Å². The number of para-hydroxylation sites is 1. The number of anilines is 1. The largest absolute Gasteiger partial charge is 0.508 e. The van der Waals surface area contributed by atoms with E-state index < -0.39 is 0 Å². The molecular formula is C14H14ClNO. The fourth-order valence-electron chi connectivity index (χ4n) is 1.61. The standard InChI is InChI=1S/C14H14ClNO/c1-10-6-7-13(12(15)8-10)16-9-11-4-2-3-5-14(11)17/h2-8,16-17H,9H2,1H3. The number of phenolic OH excluding ortho intramolecular Hbond substituents is 1. The third-order valence-corrected chi connectivity index (χ3v) is 2.90. The van der Waals surface area contributed by atoms with Crippen LogP contribution in [0.3, 0.4) is 0 Å². The average Bonchev–Trinajstić information content (AvgIpc) is 2.30. The fraction of sp³-hybridized carbons (Fsp3) is 0.143. The molecule has 17 heavy (non-hydrogen) atoms. The first kappa shape index (κ1) is 11.8. The maximum absolute atomic E-state index is 9.63. The van der Waals surface area contributed by atoms with Gasteiger partial charge in [0.2, 0.25) is 0 Å². The van der Waals surface area contributed by atoms with Gasteiger partial charge in [-0.25, -0.2) is 0 Å². The van der Waals surface area contributed by atoms with Crippen LogP contribution in [-0.2, 0) is 6.54 Å². The summed E-state index contributed by atoms with van der Waals surface area (Å²) in [6.07, 6.45) is 0. The van der Waals surface area contributed by atoms with Crippen LogP contribution in [0.2, 0.25) is 5.02 Å². The number of hydrogen-bond donors (Lipinski definition) is 2. The van der Waals surface area contributed by atoms with Crippen LogP contribution in [0.5, 0.6) is 5.75 Å². The van der Waals surface area contributed by atoms with E-state index in [-0.39, 0.29) is 0 Å². The summed E-state index contributed by atoms with van der Waals surface area (Å²) in [5.74, 6) is 0.295. The van der Waals surface area contributed by atoms with E-state index in [1.165, 1.54) is 0 Å². The molecule has 0 aliphatic carbocycles. The first-order chi connectivity index (χ1) is 8.16. The molecule has 0 atom stereocenters. The maximum Gasteiger partial charge on any atom is 0.120 e. The summed E-state index contributed by atoms with van der Waals surface area (Å²) < 4.78 is 0. The van der Waals surface area contributed by atoms with E-state index in [1.807, 2.05) is 37.3 Å². The molecule has 0 unspecified atom stereocenters. The molecule has 0 spiro atoms. The van der Waals surface area contributed by atoms with Gasteiger partial charge in [-0.05, 0) is 30.7 Å². The molecule has 0 aliphatic rings. The van der Waals surface area contributed by atoms with Crippen molar-refractivity contribution in [1.29, 1.82) is 0 Å². The smallest absolute Gasteiger partial charge is 0.120 e. The second-order valence-corrected chi connectivity index (χ2v) is 4.37. The predicted octanol–water partition coefficient (Wildman–Crippen LogP) is 3.97. The van der Waals surface area contributed by atoms with E-state index in [0.717, 1.165) is 16.8 Å². The van der Waals surface area contributed by atoms with Crippen LogP contribution in [0.15, 0.2) is 42.5 Å². The lowest BCUT2D eigenvalue weighted by molar-refractivity contribution is 0.469. The Balaban J connectivity index is 2.10. The summed E-state index contributed by atoms with van der Waals surface area (Å²) in [7, 11) is 0. The molecule has 0 radical (unpaired) electrons. The van der Waals surface area contributed by atoms with Crippen LogP contribution in [0, 0.1) is 6.92 Å². The Bertz CT molecular complexity index is 525. The summed E-state index contributed by atoms with van der Waals surface area (Å²) >= 11 is 6.11. The third kappa shape index (κ3) is 2.92. The summed E-state index contributed by atoms with van der Waals surface area (Å²) in [5, 5.41) is 13.5. The number of aryl methyl sites for hydroxylation is 1. The minimum absolute atomic E-state index is 0.295. The number of nitrogens with one attached hydrogen (secondary N) is 1. The lowest BCUT2D eigenvalue weighted by atomic mass is 10.2. The molecule has 0 bridgehead atoms. The highest BCUT2D eigenvalue weighted by Crippen LogP contribution is 2.24. The molecule has 2 N–H and O–H groups in total. The lowest BCUT2D eigenvalue weighted by Crippen LogP contribution is -2.00. The molecule has 88 valence electrons. The molecule has 2 aromatic rings. The summed E-state index contributed by atoms with van der Waals surface area (Å²) in [4.78, 5) is 0. The second-order valence-electron chi connectivity index (χ2n) is 3.97. The van der Waals surface area contributed by atoms with E-state index in [0.29, 0.717) is 17.3 Å². The summed E-state index contributed by atoms with van der Waals surface area (Å²) in [5.41, 5.74) is 2.85. The highest BCUT2D eigenvalue weighted by atomic mass is 35.5. The van der Waals surface area contributed by atoms with Gasteiger partial charge in [-0.15, -0.1) is 0 Å². The monoisotopic (exact) mass is 247 g/mol. The Kier molecular flexibility index (Phi) is 3.55. The zero-order chi connectivity index (χ0) is 12.3. The van der Waals surface area contributed by atoms with Crippen LogP contribution in [-0.4, -0.2) is 5.11 Å². The van der Waals surface area contributed by atoms with Gasteiger partial charge in [0.1, 0.15) is 5.75 Å². The molecule has 0 saturated heterocycles. The van der Waals surface area contributed by atoms with Gasteiger partial charge in [0.25, 0.3) is 0 Å². The van der Waals surface area contributed by atoms with Crippen LogP contribution in [0.25, 0.3) is 0 Å². The van der Waals surface area contributed by atoms with Crippen molar-refractivity contribution in [2.45, 2.75) is 13.5 Å². The summed E-state index contributed by atoms with van der Waals surface area (Å²) in [6.45, 7) is 2.55. The number of hydrogen-bond acceptors (Lipinski definition) is 2. The number of aromatic hydroxyl groups is 1. The first-order valence-corrected chi connectivity index (χ1v) is 5.81. The Morgan fingerprint density at radius 3 is 2.65 bits per heavy atom. The van der Waals surface area contributed by atoms with E-state index in [2.05, 4.69) is 5.32 Å². The minimum atomic E-state index is 0.295. The van der Waals surface area contributed by atoms with Crippen LogP contribution >= 0.6 is 11.6 Å². The highest BCUT2D eigenvalue weighted by Gasteiger charge is 2.02. The normalized spacial score (nSPS) is 10.2. The zero-order valence-corrected chi connectivity index (χ0v) is 10.3. The average molecular weight is 248 g/mol. The molecule has 0 fully saturated rings. The van der Waals surface area contributed by atoms with Gasteiger partial charge in [-0.3, -0.25) is 0 Å². The van der Waals surface area contributed by atoms with Crippen molar-refractivity contribution in [3.05, 3.63) is 58.6 Å². The highest BCUT2D eigenvalue weighted by molar-refractivity contribution is 6.33. The van der Waals surface area contributed by atoms with E-state index in [4.69, 9.17) is 11.6 Å². The second kappa shape index (κ2) is 5.11. The molecule has 0 saturated carbocycles. The number of benzene rings is 2. The molecule has 0 aromatic heterocycles. The van der Waals surface area contributed by atoms with Gasteiger partial charge in [0, 0.05) is 12.1 Å². The molecule has 2 rings (SSSR count). The van der Waals surface area contributed by atoms with Gasteiger partial charge in [0.15, 0.2) is 0 Å². The van der Waals surface area contributed by atoms with Crippen molar-refractivity contribution in [2.24, 2.45) is 0 Å². The molecule has 0 aliphatic heterocycles. The van der Waals surface area contributed by atoms with Crippen molar-refractivity contribution in [3.63, 3.8) is 0 Å². The van der Waals surface area contributed by atoms with Crippen LogP contribution < -0.4 is 5.32 Å². The van der Waals surface area contributed by atoms with Crippen molar-refractivity contribution >= 4 is 17.3 Å². The van der Waals surface area contributed by atoms with Gasteiger partial charge in [0.05, 0.1) is 10.7 Å². The maximum atomic E-state index is 9.63. The van der Waals surface area contributed by atoms with Gasteiger partial charge >= 0.3 is 0 Å². The predicted molar refractivity (Wildman–Crippen MR) is 71.6 cm³/mol. The van der Waals surface area contributed by atoms with Crippen molar-refractivity contribution in [1.82, 2.24) is 0 Å². The van der Waals surface area contributed by atoms with Crippen molar-refractivity contribution < 1.29 is 5.11 Å². The number of phenols is 1. The molecule has 2 aromatic carbocycles. The van der Waals surface area contributed by atoms with Crippen LogP contribution in [0.1, 0.15) is 11.1 Å². The van der Waals surface area contributed by atoms with Crippen molar-refractivity contribution in [3.8, 4) is 5.75 Å². The Morgan fingerprint density at radius 2 is 1.94 bits per heavy atom. The quantitative estimate of drug-likeness (QED) is 0.860. The molecule has 0 heterocycles. The summed E-state index contributed by atoms with van der Waals surface area (Å²) in [6, 6.07) is 13.1. The fourth-order valence-corrected chi connectivity index (χ4v) is 1.92. The first-order valence-electron chi connectivity index (χ1n) is 5.44. The minimum Gasteiger partial charge on any atom is -0.508 e. The third-order valence-electron chi connectivity index (χ3n) is 2.59. The Labute approximate surface area is 106 Å². The molecule has 3 heteroatoms. The lowest BCUT2D eigenvalue weighted by Gasteiger charge is -2.10. The topological polar surface area (TPSA) is 32.3 Å². The van der Waals surface area contributed by atoms with E-state index >= 15 is 0 Å². The van der Waals surface area contributed by atoms with Gasteiger partial charge in [-0.1, -0.05) is 35.9 Å². The van der Waals surface area contributed by atoms with Gasteiger partial charge < -0.3 is 10.4 Å². The SMILES string of the molecule is Cc1ccc(NCc2ccccc2O)c(Cl)c1.